The number of hydrogen-bond acceptors (Lipinski definition) is 3. The number of rotatable bonds is 4. The van der Waals surface area contributed by atoms with Gasteiger partial charge in [0.25, 0.3) is 0 Å². The van der Waals surface area contributed by atoms with Gasteiger partial charge in [0.1, 0.15) is 4.90 Å². The first kappa shape index (κ1) is 16.2. The normalized spacial score (nSPS) is 11.6. The van der Waals surface area contributed by atoms with E-state index in [0.717, 1.165) is 6.07 Å². The Balaban J connectivity index is 2.27. The number of halogens is 3. The Labute approximate surface area is 135 Å². The third-order valence-corrected chi connectivity index (χ3v) is 4.87. The van der Waals surface area contributed by atoms with Gasteiger partial charge in [-0.25, -0.2) is 17.5 Å². The van der Waals surface area contributed by atoms with E-state index in [9.17, 15) is 12.8 Å². The zero-order valence-corrected chi connectivity index (χ0v) is 13.8. The summed E-state index contributed by atoms with van der Waals surface area (Å²) in [6.45, 7) is -0.00521. The van der Waals surface area contributed by atoms with Crippen molar-refractivity contribution in [3.8, 4) is 0 Å². The second kappa shape index (κ2) is 6.31. The van der Waals surface area contributed by atoms with E-state index in [0.29, 0.717) is 10.6 Å². The summed E-state index contributed by atoms with van der Waals surface area (Å²) in [6, 6.07) is 9.07. The summed E-state index contributed by atoms with van der Waals surface area (Å²) in [6.07, 6.45) is 0. The van der Waals surface area contributed by atoms with E-state index in [-0.39, 0.29) is 16.7 Å². The number of sulfonamides is 1. The molecule has 0 aliphatic heterocycles. The van der Waals surface area contributed by atoms with Crippen LogP contribution in [0.25, 0.3) is 0 Å². The fraction of sp³-hybridized carbons (Fsp3) is 0.0769. The van der Waals surface area contributed by atoms with Crippen LogP contribution < -0.4 is 10.5 Å². The van der Waals surface area contributed by atoms with E-state index in [2.05, 4.69) is 20.7 Å². The molecule has 0 aliphatic rings. The van der Waals surface area contributed by atoms with Gasteiger partial charge in [-0.2, -0.15) is 0 Å². The number of anilines is 1. The summed E-state index contributed by atoms with van der Waals surface area (Å²) in [5.41, 5.74) is 6.35. The molecule has 0 unspecified atom stereocenters. The third-order valence-electron chi connectivity index (χ3n) is 2.66. The van der Waals surface area contributed by atoms with Crippen molar-refractivity contribution in [2.75, 3.05) is 5.73 Å². The highest BCUT2D eigenvalue weighted by Gasteiger charge is 2.21. The molecule has 0 atom stereocenters. The predicted octanol–water partition coefficient (Wildman–Crippen LogP) is 3.30. The Bertz CT molecular complexity index is 784. The van der Waals surface area contributed by atoms with Crippen LogP contribution >= 0.6 is 27.5 Å². The molecule has 0 spiro atoms. The molecule has 0 saturated carbocycles. The highest BCUT2D eigenvalue weighted by Crippen LogP contribution is 2.26. The molecule has 0 amide bonds. The molecule has 8 heteroatoms. The lowest BCUT2D eigenvalue weighted by Gasteiger charge is -2.10. The SMILES string of the molecule is Nc1cc(Br)c(F)c(S(=O)(=O)NCc2cccc(Cl)c2)c1. The Kier molecular flexibility index (Phi) is 4.88. The molecule has 112 valence electrons. The van der Waals surface area contributed by atoms with Crippen LogP contribution in [0.5, 0.6) is 0 Å². The molecule has 0 aliphatic carbocycles. The largest absolute Gasteiger partial charge is 0.399 e. The van der Waals surface area contributed by atoms with Gasteiger partial charge in [-0.05, 0) is 45.8 Å². The maximum atomic E-state index is 13.9. The van der Waals surface area contributed by atoms with Crippen LogP contribution in [0.1, 0.15) is 5.56 Å². The lowest BCUT2D eigenvalue weighted by molar-refractivity contribution is 0.554. The van der Waals surface area contributed by atoms with Gasteiger partial charge in [0, 0.05) is 17.3 Å². The Morgan fingerprint density at radius 1 is 1.29 bits per heavy atom. The van der Waals surface area contributed by atoms with Crippen LogP contribution in [0, 0.1) is 5.82 Å². The quantitative estimate of drug-likeness (QED) is 0.783. The lowest BCUT2D eigenvalue weighted by Crippen LogP contribution is -2.24. The minimum Gasteiger partial charge on any atom is -0.399 e. The monoisotopic (exact) mass is 392 g/mol. The summed E-state index contributed by atoms with van der Waals surface area (Å²) in [7, 11) is -4.03. The van der Waals surface area contributed by atoms with Crippen molar-refractivity contribution in [3.05, 3.63) is 57.3 Å². The van der Waals surface area contributed by atoms with Crippen molar-refractivity contribution >= 4 is 43.2 Å². The Hall–Kier alpha value is -1.15. The molecule has 0 aromatic heterocycles. The van der Waals surface area contributed by atoms with Crippen molar-refractivity contribution in [3.63, 3.8) is 0 Å². The second-order valence-electron chi connectivity index (χ2n) is 4.27. The van der Waals surface area contributed by atoms with Crippen LogP contribution in [0.15, 0.2) is 45.8 Å². The average Bonchev–Trinajstić information content (AvgIpc) is 2.41. The minimum atomic E-state index is -4.03. The number of hydrogen-bond donors (Lipinski definition) is 2. The van der Waals surface area contributed by atoms with E-state index in [1.165, 1.54) is 6.07 Å². The molecule has 0 heterocycles. The Morgan fingerprint density at radius 3 is 2.67 bits per heavy atom. The molecule has 2 aromatic rings. The summed E-state index contributed by atoms with van der Waals surface area (Å²) in [4.78, 5) is -0.503. The van der Waals surface area contributed by atoms with Crippen LogP contribution in [0.4, 0.5) is 10.1 Å². The van der Waals surface area contributed by atoms with E-state index in [1.807, 2.05) is 0 Å². The van der Waals surface area contributed by atoms with Crippen molar-refractivity contribution in [2.45, 2.75) is 11.4 Å². The van der Waals surface area contributed by atoms with Crippen molar-refractivity contribution < 1.29 is 12.8 Å². The molecule has 3 N–H and O–H groups in total. The molecule has 0 fully saturated rings. The van der Waals surface area contributed by atoms with Gasteiger partial charge in [-0.3, -0.25) is 0 Å². The number of nitrogens with one attached hydrogen (secondary N) is 1. The zero-order chi connectivity index (χ0) is 15.6. The average molecular weight is 394 g/mol. The van der Waals surface area contributed by atoms with E-state index in [4.69, 9.17) is 17.3 Å². The van der Waals surface area contributed by atoms with E-state index in [1.54, 1.807) is 24.3 Å². The van der Waals surface area contributed by atoms with Gasteiger partial charge < -0.3 is 5.73 Å². The smallest absolute Gasteiger partial charge is 0.243 e. The molecule has 0 saturated heterocycles. The molecule has 21 heavy (non-hydrogen) atoms. The van der Waals surface area contributed by atoms with E-state index >= 15 is 0 Å². The Morgan fingerprint density at radius 2 is 2.00 bits per heavy atom. The molecule has 2 rings (SSSR count). The number of nitrogen functional groups attached to an aromatic ring is 1. The summed E-state index contributed by atoms with van der Waals surface area (Å²) >= 11 is 8.75. The predicted molar refractivity (Wildman–Crippen MR) is 84.0 cm³/mol. The van der Waals surface area contributed by atoms with Gasteiger partial charge >= 0.3 is 0 Å². The fourth-order valence-electron chi connectivity index (χ4n) is 1.68. The molecule has 2 aromatic carbocycles. The highest BCUT2D eigenvalue weighted by atomic mass is 79.9. The maximum Gasteiger partial charge on any atom is 0.243 e. The molecule has 0 radical (unpaired) electrons. The van der Waals surface area contributed by atoms with Crippen LogP contribution in [-0.2, 0) is 16.6 Å². The zero-order valence-electron chi connectivity index (χ0n) is 10.6. The van der Waals surface area contributed by atoms with Gasteiger partial charge in [0.05, 0.1) is 4.47 Å². The van der Waals surface area contributed by atoms with Crippen molar-refractivity contribution in [1.82, 2.24) is 4.72 Å². The van der Waals surface area contributed by atoms with Crippen molar-refractivity contribution in [2.24, 2.45) is 0 Å². The first-order valence-electron chi connectivity index (χ1n) is 5.78. The molecular formula is C13H11BrClFN2O2S. The second-order valence-corrected chi connectivity index (χ2v) is 7.30. The fourth-order valence-corrected chi connectivity index (χ4v) is 3.65. The van der Waals surface area contributed by atoms with Gasteiger partial charge in [-0.15, -0.1) is 0 Å². The van der Waals surface area contributed by atoms with Gasteiger partial charge in [-0.1, -0.05) is 23.7 Å². The van der Waals surface area contributed by atoms with Crippen LogP contribution in [0.3, 0.4) is 0 Å². The van der Waals surface area contributed by atoms with Crippen LogP contribution in [-0.4, -0.2) is 8.42 Å². The number of benzene rings is 2. The standard InChI is InChI=1S/C13H11BrClFN2O2S/c14-11-5-10(17)6-12(13(11)16)21(19,20)18-7-8-2-1-3-9(15)4-8/h1-6,18H,7,17H2. The van der Waals surface area contributed by atoms with Gasteiger partial charge in [0.2, 0.25) is 10.0 Å². The molecule has 0 bridgehead atoms. The maximum absolute atomic E-state index is 13.9. The number of nitrogens with two attached hydrogens (primary N) is 1. The van der Waals surface area contributed by atoms with E-state index < -0.39 is 20.7 Å². The minimum absolute atomic E-state index is 0.00521. The summed E-state index contributed by atoms with van der Waals surface area (Å²) in [5, 5.41) is 0.490. The topological polar surface area (TPSA) is 72.2 Å². The first-order chi connectivity index (χ1) is 9.79. The lowest BCUT2D eigenvalue weighted by atomic mass is 10.2. The molecule has 4 nitrogen and oxygen atoms in total. The van der Waals surface area contributed by atoms with Crippen LogP contribution in [0.2, 0.25) is 5.02 Å². The van der Waals surface area contributed by atoms with Gasteiger partial charge in [0.15, 0.2) is 5.82 Å². The summed E-state index contributed by atoms with van der Waals surface area (Å²) in [5.74, 6) is -0.886. The molecular weight excluding hydrogens is 383 g/mol. The first-order valence-corrected chi connectivity index (χ1v) is 8.43. The summed E-state index contributed by atoms with van der Waals surface area (Å²) < 4.78 is 40.5. The third kappa shape index (κ3) is 3.94. The highest BCUT2D eigenvalue weighted by molar-refractivity contribution is 9.10. The van der Waals surface area contributed by atoms with Crippen molar-refractivity contribution in [1.29, 1.82) is 0 Å².